The number of aliphatic hydroxyl groups is 1. The number of unbranched alkanes of at least 4 members (excludes halogenated alkanes) is 4. The molecule has 0 radical (unpaired) electrons. The summed E-state index contributed by atoms with van der Waals surface area (Å²) in [7, 11) is 3.56. The van der Waals surface area contributed by atoms with E-state index in [0.717, 1.165) is 50.9 Å². The summed E-state index contributed by atoms with van der Waals surface area (Å²) in [6.45, 7) is 3.30. The standard InChI is InChI=1S/C16H28N4O3/c1-12(21)9-7-5-4-6-8-10-20-11-18(2)13-14(22)17-16(23)19(3)15(13)20/h12,21H,4-11H2,1-3H3,(H,17,22,23). The van der Waals surface area contributed by atoms with Gasteiger partial charge in [0.2, 0.25) is 0 Å². The highest BCUT2D eigenvalue weighted by Gasteiger charge is 2.28. The minimum Gasteiger partial charge on any atom is -0.393 e. The second-order valence-electron chi connectivity index (χ2n) is 6.50. The Hall–Kier alpha value is -1.76. The van der Waals surface area contributed by atoms with Crippen LogP contribution in [0.3, 0.4) is 0 Å². The number of aliphatic hydroxyl groups excluding tert-OH is 1. The van der Waals surface area contributed by atoms with E-state index in [0.29, 0.717) is 12.4 Å². The van der Waals surface area contributed by atoms with Crippen LogP contribution in [-0.4, -0.2) is 41.0 Å². The number of H-pyrrole nitrogens is 1. The van der Waals surface area contributed by atoms with Crippen LogP contribution < -0.4 is 21.0 Å². The number of rotatable bonds is 8. The summed E-state index contributed by atoms with van der Waals surface area (Å²) in [6, 6.07) is 0. The number of hydrogen-bond acceptors (Lipinski definition) is 5. The van der Waals surface area contributed by atoms with Gasteiger partial charge in [-0.05, 0) is 19.8 Å². The van der Waals surface area contributed by atoms with E-state index < -0.39 is 0 Å². The van der Waals surface area contributed by atoms with Gasteiger partial charge in [-0.15, -0.1) is 0 Å². The van der Waals surface area contributed by atoms with Gasteiger partial charge in [0.1, 0.15) is 11.5 Å². The molecule has 2 heterocycles. The molecule has 0 amide bonds. The van der Waals surface area contributed by atoms with E-state index in [1.165, 1.54) is 4.57 Å². The SMILES string of the molecule is CC(O)CCCCCCCN1CN(C)c2c1n(C)c(=O)[nH]c2=O. The van der Waals surface area contributed by atoms with Crippen molar-refractivity contribution in [1.82, 2.24) is 9.55 Å². The summed E-state index contributed by atoms with van der Waals surface area (Å²) in [4.78, 5) is 30.1. The van der Waals surface area contributed by atoms with Gasteiger partial charge in [-0.25, -0.2) is 4.79 Å². The van der Waals surface area contributed by atoms with Gasteiger partial charge in [0, 0.05) is 20.6 Å². The molecule has 1 aromatic heterocycles. The van der Waals surface area contributed by atoms with Gasteiger partial charge >= 0.3 is 5.69 Å². The number of aromatic nitrogens is 2. The van der Waals surface area contributed by atoms with E-state index >= 15 is 0 Å². The fraction of sp³-hybridized carbons (Fsp3) is 0.750. The van der Waals surface area contributed by atoms with Crippen LogP contribution in [0.4, 0.5) is 11.5 Å². The molecule has 0 saturated heterocycles. The highest BCUT2D eigenvalue weighted by atomic mass is 16.3. The third kappa shape index (κ3) is 4.16. The summed E-state index contributed by atoms with van der Waals surface area (Å²) in [5.74, 6) is 0.718. The molecule has 0 saturated carbocycles. The Labute approximate surface area is 136 Å². The highest BCUT2D eigenvalue weighted by Crippen LogP contribution is 2.29. The second-order valence-corrected chi connectivity index (χ2v) is 6.50. The molecule has 23 heavy (non-hydrogen) atoms. The zero-order valence-electron chi connectivity index (χ0n) is 14.3. The zero-order valence-corrected chi connectivity index (χ0v) is 14.3. The van der Waals surface area contributed by atoms with Crippen LogP contribution >= 0.6 is 0 Å². The molecule has 1 unspecified atom stereocenters. The average Bonchev–Trinajstić information content (AvgIpc) is 2.81. The predicted molar refractivity (Wildman–Crippen MR) is 92.3 cm³/mol. The number of nitrogens with zero attached hydrogens (tertiary/aromatic N) is 3. The minimum atomic E-state index is -0.368. The molecule has 0 aliphatic carbocycles. The predicted octanol–water partition coefficient (Wildman–Crippen LogP) is 1.01. The van der Waals surface area contributed by atoms with Gasteiger partial charge in [0.05, 0.1) is 12.8 Å². The summed E-state index contributed by atoms with van der Waals surface area (Å²) in [5, 5.41) is 9.22. The van der Waals surface area contributed by atoms with Crippen LogP contribution in [0.25, 0.3) is 0 Å². The maximum absolute atomic E-state index is 12.0. The topological polar surface area (TPSA) is 81.6 Å². The molecule has 1 aliphatic heterocycles. The summed E-state index contributed by atoms with van der Waals surface area (Å²) < 4.78 is 1.52. The van der Waals surface area contributed by atoms with Crippen LogP contribution in [0.1, 0.15) is 45.4 Å². The van der Waals surface area contributed by atoms with Crippen molar-refractivity contribution in [1.29, 1.82) is 0 Å². The Balaban J connectivity index is 1.88. The second kappa shape index (κ2) is 7.68. The van der Waals surface area contributed by atoms with Gasteiger partial charge in [-0.3, -0.25) is 14.3 Å². The van der Waals surface area contributed by atoms with Gasteiger partial charge < -0.3 is 14.9 Å². The van der Waals surface area contributed by atoms with Crippen molar-refractivity contribution in [2.45, 2.75) is 51.6 Å². The Kier molecular flexibility index (Phi) is 5.87. The smallest absolute Gasteiger partial charge is 0.329 e. The fourth-order valence-electron chi connectivity index (χ4n) is 3.15. The Morgan fingerprint density at radius 2 is 1.78 bits per heavy atom. The molecule has 2 rings (SSSR count). The first-order valence-corrected chi connectivity index (χ1v) is 8.39. The summed E-state index contributed by atoms with van der Waals surface area (Å²) >= 11 is 0. The molecule has 7 nitrogen and oxygen atoms in total. The normalized spacial score (nSPS) is 15.1. The number of anilines is 2. The zero-order chi connectivity index (χ0) is 17.0. The molecule has 0 fully saturated rings. The first kappa shape index (κ1) is 17.6. The molecule has 7 heteroatoms. The molecule has 0 bridgehead atoms. The highest BCUT2D eigenvalue weighted by molar-refractivity contribution is 5.71. The molecule has 1 aromatic rings. The van der Waals surface area contributed by atoms with E-state index in [9.17, 15) is 14.7 Å². The van der Waals surface area contributed by atoms with Gasteiger partial charge in [0.15, 0.2) is 0 Å². The molecule has 1 aliphatic rings. The third-order valence-corrected chi connectivity index (χ3v) is 4.38. The molecule has 1 atom stereocenters. The van der Waals surface area contributed by atoms with E-state index in [2.05, 4.69) is 9.88 Å². The molecule has 130 valence electrons. The Bertz CT molecular complexity index is 635. The Morgan fingerprint density at radius 3 is 2.48 bits per heavy atom. The van der Waals surface area contributed by atoms with Crippen molar-refractivity contribution in [3.63, 3.8) is 0 Å². The lowest BCUT2D eigenvalue weighted by molar-refractivity contribution is 0.180. The van der Waals surface area contributed by atoms with Gasteiger partial charge in [-0.2, -0.15) is 0 Å². The average molecular weight is 324 g/mol. The molecular weight excluding hydrogens is 296 g/mol. The van der Waals surface area contributed by atoms with Crippen molar-refractivity contribution in [3.05, 3.63) is 20.8 Å². The molecule has 2 N–H and O–H groups in total. The number of nitrogens with one attached hydrogen (secondary N) is 1. The maximum Gasteiger partial charge on any atom is 0.329 e. The van der Waals surface area contributed by atoms with Crippen LogP contribution in [0.2, 0.25) is 0 Å². The Morgan fingerprint density at radius 1 is 1.13 bits per heavy atom. The van der Waals surface area contributed by atoms with Crippen molar-refractivity contribution < 1.29 is 5.11 Å². The van der Waals surface area contributed by atoms with Crippen molar-refractivity contribution in [3.8, 4) is 0 Å². The van der Waals surface area contributed by atoms with Crippen LogP contribution in [0, 0.1) is 0 Å². The third-order valence-electron chi connectivity index (χ3n) is 4.38. The fourth-order valence-corrected chi connectivity index (χ4v) is 3.15. The minimum absolute atomic E-state index is 0.203. The molecular formula is C16H28N4O3. The van der Waals surface area contributed by atoms with E-state index in [-0.39, 0.29) is 17.4 Å². The van der Waals surface area contributed by atoms with Crippen LogP contribution in [-0.2, 0) is 7.05 Å². The quantitative estimate of drug-likeness (QED) is 0.698. The lowest BCUT2D eigenvalue weighted by atomic mass is 10.1. The van der Waals surface area contributed by atoms with E-state index in [1.807, 2.05) is 18.9 Å². The van der Waals surface area contributed by atoms with Crippen molar-refractivity contribution >= 4 is 11.5 Å². The monoisotopic (exact) mass is 324 g/mol. The number of fused-ring (bicyclic) bond motifs is 1. The molecule has 0 aromatic carbocycles. The first-order valence-electron chi connectivity index (χ1n) is 8.39. The van der Waals surface area contributed by atoms with Crippen LogP contribution in [0.15, 0.2) is 9.59 Å². The van der Waals surface area contributed by atoms with Crippen molar-refractivity contribution in [2.75, 3.05) is 30.1 Å². The number of hydrogen-bond donors (Lipinski definition) is 2. The lowest BCUT2D eigenvalue weighted by Crippen LogP contribution is -2.32. The summed E-state index contributed by atoms with van der Waals surface area (Å²) in [5.41, 5.74) is -0.109. The lowest BCUT2D eigenvalue weighted by Gasteiger charge is -2.20. The largest absolute Gasteiger partial charge is 0.393 e. The number of aromatic amines is 1. The van der Waals surface area contributed by atoms with Crippen LogP contribution in [0.5, 0.6) is 0 Å². The summed E-state index contributed by atoms with van der Waals surface area (Å²) in [6.07, 6.45) is 6.17. The van der Waals surface area contributed by atoms with Crippen molar-refractivity contribution in [2.24, 2.45) is 7.05 Å². The first-order chi connectivity index (χ1) is 10.9. The molecule has 0 spiro atoms. The van der Waals surface area contributed by atoms with Gasteiger partial charge in [-0.1, -0.05) is 25.7 Å². The van der Waals surface area contributed by atoms with Gasteiger partial charge in [0.25, 0.3) is 5.56 Å². The van der Waals surface area contributed by atoms with E-state index in [1.54, 1.807) is 7.05 Å². The maximum atomic E-state index is 12.0. The van der Waals surface area contributed by atoms with E-state index in [4.69, 9.17) is 0 Å².